The summed E-state index contributed by atoms with van der Waals surface area (Å²) in [4.78, 5) is 35.6. The van der Waals surface area contributed by atoms with Crippen LogP contribution < -0.4 is 4.90 Å². The summed E-state index contributed by atoms with van der Waals surface area (Å²) in [5.41, 5.74) is 2.36. The first-order valence-electron chi connectivity index (χ1n) is 8.91. The highest BCUT2D eigenvalue weighted by Gasteiger charge is 2.26. The summed E-state index contributed by atoms with van der Waals surface area (Å²) in [5.74, 6) is 1.38. The van der Waals surface area contributed by atoms with Crippen LogP contribution in [0.2, 0.25) is 0 Å². The van der Waals surface area contributed by atoms with E-state index in [1.807, 2.05) is 13.8 Å². The van der Waals surface area contributed by atoms with E-state index in [0.29, 0.717) is 37.5 Å². The van der Waals surface area contributed by atoms with Gasteiger partial charge in [0, 0.05) is 55.1 Å². The number of hydrogen-bond donors (Lipinski definition) is 0. The van der Waals surface area contributed by atoms with Crippen molar-refractivity contribution in [2.75, 3.05) is 31.1 Å². The molecule has 0 radical (unpaired) electrons. The highest BCUT2D eigenvalue weighted by atomic mass is 16.6. The summed E-state index contributed by atoms with van der Waals surface area (Å²) in [6.07, 6.45) is 1.49. The molecule has 1 aliphatic rings. The molecule has 4 rings (SSSR count). The van der Waals surface area contributed by atoms with Crippen molar-refractivity contribution in [2.45, 2.75) is 13.8 Å². The topological polar surface area (TPSA) is 110 Å². The number of nitrogens with zero attached hydrogens (tertiary/aromatic N) is 7. The van der Waals surface area contributed by atoms with Crippen molar-refractivity contribution in [3.63, 3.8) is 0 Å². The maximum atomic E-state index is 12.7. The molecule has 3 aromatic rings. The van der Waals surface area contributed by atoms with Crippen LogP contribution in [0.25, 0.3) is 5.78 Å². The van der Waals surface area contributed by atoms with Crippen molar-refractivity contribution < 1.29 is 9.72 Å². The van der Waals surface area contributed by atoms with Gasteiger partial charge in [-0.1, -0.05) is 0 Å². The van der Waals surface area contributed by atoms with Crippen LogP contribution in [0.15, 0.2) is 30.6 Å². The highest BCUT2D eigenvalue weighted by molar-refractivity contribution is 5.94. The van der Waals surface area contributed by atoms with E-state index >= 15 is 0 Å². The Morgan fingerprint density at radius 3 is 2.43 bits per heavy atom. The van der Waals surface area contributed by atoms with Crippen LogP contribution in [-0.2, 0) is 0 Å². The first-order chi connectivity index (χ1) is 13.5. The molecule has 0 spiro atoms. The van der Waals surface area contributed by atoms with Gasteiger partial charge in [-0.25, -0.2) is 4.98 Å². The van der Waals surface area contributed by atoms with Gasteiger partial charge in [0.15, 0.2) is 0 Å². The number of rotatable bonds is 3. The lowest BCUT2D eigenvalue weighted by Gasteiger charge is -2.36. The minimum atomic E-state index is -0.475. The van der Waals surface area contributed by atoms with Gasteiger partial charge in [-0.3, -0.25) is 14.9 Å². The summed E-state index contributed by atoms with van der Waals surface area (Å²) in [7, 11) is 0. The van der Waals surface area contributed by atoms with E-state index in [4.69, 9.17) is 0 Å². The predicted octanol–water partition coefficient (Wildman–Crippen LogP) is 1.61. The molecule has 1 fully saturated rings. The zero-order chi connectivity index (χ0) is 19.8. The fourth-order valence-corrected chi connectivity index (χ4v) is 3.42. The van der Waals surface area contributed by atoms with E-state index in [1.165, 1.54) is 30.6 Å². The third-order valence-corrected chi connectivity index (χ3v) is 5.07. The number of benzene rings is 1. The number of nitro groups is 1. The largest absolute Gasteiger partial charge is 0.353 e. The van der Waals surface area contributed by atoms with Crippen molar-refractivity contribution in [2.24, 2.45) is 0 Å². The molecule has 0 saturated carbocycles. The smallest absolute Gasteiger partial charge is 0.269 e. The van der Waals surface area contributed by atoms with Gasteiger partial charge in [-0.15, -0.1) is 0 Å². The number of fused-ring (bicyclic) bond motifs is 1. The van der Waals surface area contributed by atoms with E-state index in [0.717, 1.165) is 17.1 Å². The number of aryl methyl sites for hydroxylation is 1. The van der Waals surface area contributed by atoms with Crippen LogP contribution in [-0.4, -0.2) is 61.5 Å². The van der Waals surface area contributed by atoms with Crippen molar-refractivity contribution >= 4 is 23.2 Å². The number of non-ortho nitro benzene ring substituents is 1. The molecule has 0 unspecified atom stereocenters. The summed E-state index contributed by atoms with van der Waals surface area (Å²) in [6.45, 7) is 6.35. The molecular formula is C18H19N7O3. The zero-order valence-electron chi connectivity index (χ0n) is 15.6. The number of piperazine rings is 1. The third kappa shape index (κ3) is 3.02. The average molecular weight is 381 g/mol. The summed E-state index contributed by atoms with van der Waals surface area (Å²) < 4.78 is 1.73. The summed E-state index contributed by atoms with van der Waals surface area (Å²) >= 11 is 0. The minimum Gasteiger partial charge on any atom is -0.353 e. The Morgan fingerprint density at radius 2 is 1.79 bits per heavy atom. The fraction of sp³-hybridized carbons (Fsp3) is 0.333. The van der Waals surface area contributed by atoms with Gasteiger partial charge < -0.3 is 9.80 Å². The second-order valence-electron chi connectivity index (χ2n) is 6.70. The number of amides is 1. The van der Waals surface area contributed by atoms with Gasteiger partial charge in [0.25, 0.3) is 17.4 Å². The maximum absolute atomic E-state index is 12.7. The zero-order valence-corrected chi connectivity index (χ0v) is 15.6. The lowest BCUT2D eigenvalue weighted by molar-refractivity contribution is -0.384. The summed E-state index contributed by atoms with van der Waals surface area (Å²) in [5, 5.41) is 15.1. The molecule has 1 amide bonds. The van der Waals surface area contributed by atoms with E-state index in [9.17, 15) is 14.9 Å². The normalized spacial score (nSPS) is 14.5. The molecule has 1 aromatic carbocycles. The number of anilines is 1. The molecular weight excluding hydrogens is 362 g/mol. The SMILES string of the molecule is Cc1nc2ncnn2c(N2CCN(C(=O)c3ccc([N+](=O)[O-])cc3)CC2)c1C. The lowest BCUT2D eigenvalue weighted by Crippen LogP contribution is -2.49. The average Bonchev–Trinajstić information content (AvgIpc) is 3.16. The number of hydrogen-bond acceptors (Lipinski definition) is 7. The molecule has 0 atom stereocenters. The van der Waals surface area contributed by atoms with Crippen LogP contribution in [0.3, 0.4) is 0 Å². The molecule has 1 saturated heterocycles. The van der Waals surface area contributed by atoms with Crippen LogP contribution in [0.4, 0.5) is 11.5 Å². The Labute approximate surface area is 160 Å². The minimum absolute atomic E-state index is 0.0262. The van der Waals surface area contributed by atoms with Crippen LogP contribution in [0, 0.1) is 24.0 Å². The molecule has 0 N–H and O–H groups in total. The Kier molecular flexibility index (Phi) is 4.38. The molecule has 28 heavy (non-hydrogen) atoms. The molecule has 2 aromatic heterocycles. The molecule has 0 bridgehead atoms. The van der Waals surface area contributed by atoms with E-state index in [1.54, 1.807) is 9.42 Å². The van der Waals surface area contributed by atoms with Gasteiger partial charge in [0.2, 0.25) is 0 Å². The second-order valence-corrected chi connectivity index (χ2v) is 6.70. The number of carbonyl (C=O) groups excluding carboxylic acids is 1. The van der Waals surface area contributed by atoms with Gasteiger partial charge in [-0.05, 0) is 26.0 Å². The van der Waals surface area contributed by atoms with E-state index < -0.39 is 4.92 Å². The summed E-state index contributed by atoms with van der Waals surface area (Å²) in [6, 6.07) is 5.71. The maximum Gasteiger partial charge on any atom is 0.269 e. The second kappa shape index (κ2) is 6.87. The quantitative estimate of drug-likeness (QED) is 0.501. The number of nitro benzene ring substituents is 1. The first kappa shape index (κ1) is 17.8. The van der Waals surface area contributed by atoms with Crippen molar-refractivity contribution in [1.29, 1.82) is 0 Å². The Bertz CT molecular complexity index is 1050. The Balaban J connectivity index is 1.51. The molecule has 1 aliphatic heterocycles. The third-order valence-electron chi connectivity index (χ3n) is 5.07. The van der Waals surface area contributed by atoms with Crippen molar-refractivity contribution in [3.05, 3.63) is 57.5 Å². The standard InChI is InChI=1S/C18H19N7O3/c1-12-13(2)21-18-19-11-20-24(18)16(12)22-7-9-23(10-8-22)17(26)14-3-5-15(6-4-14)25(27)28/h3-6,11H,7-10H2,1-2H3. The van der Waals surface area contributed by atoms with Gasteiger partial charge in [-0.2, -0.15) is 14.6 Å². The van der Waals surface area contributed by atoms with Crippen LogP contribution >= 0.6 is 0 Å². The highest BCUT2D eigenvalue weighted by Crippen LogP contribution is 2.24. The number of carbonyl (C=O) groups is 1. The predicted molar refractivity (Wildman–Crippen MR) is 101 cm³/mol. The van der Waals surface area contributed by atoms with E-state index in [2.05, 4.69) is 20.0 Å². The monoisotopic (exact) mass is 381 g/mol. The molecule has 10 nitrogen and oxygen atoms in total. The van der Waals surface area contributed by atoms with Crippen molar-refractivity contribution in [1.82, 2.24) is 24.5 Å². The molecule has 3 heterocycles. The molecule has 10 heteroatoms. The van der Waals surface area contributed by atoms with Crippen molar-refractivity contribution in [3.8, 4) is 0 Å². The van der Waals surface area contributed by atoms with Gasteiger partial charge in [0.05, 0.1) is 4.92 Å². The lowest BCUT2D eigenvalue weighted by atomic mass is 10.1. The number of aromatic nitrogens is 4. The first-order valence-corrected chi connectivity index (χ1v) is 8.91. The van der Waals surface area contributed by atoms with E-state index in [-0.39, 0.29) is 11.6 Å². The van der Waals surface area contributed by atoms with Gasteiger partial charge >= 0.3 is 0 Å². The Hall–Kier alpha value is -3.56. The van der Waals surface area contributed by atoms with Crippen LogP contribution in [0.1, 0.15) is 21.6 Å². The molecule has 0 aliphatic carbocycles. The Morgan fingerprint density at radius 1 is 1.11 bits per heavy atom. The van der Waals surface area contributed by atoms with Crippen LogP contribution in [0.5, 0.6) is 0 Å². The van der Waals surface area contributed by atoms with Gasteiger partial charge in [0.1, 0.15) is 12.1 Å². The molecule has 144 valence electrons. The fourth-order valence-electron chi connectivity index (χ4n) is 3.42.